The molecular formula is C22H20N6O. The number of amides is 1. The molecule has 0 fully saturated rings. The van der Waals surface area contributed by atoms with Gasteiger partial charge in [-0.3, -0.25) is 14.5 Å². The maximum atomic E-state index is 12.4. The third-order valence-corrected chi connectivity index (χ3v) is 4.55. The number of nitrogens with one attached hydrogen (secondary N) is 1. The molecule has 4 rings (SSSR count). The van der Waals surface area contributed by atoms with Crippen LogP contribution < -0.4 is 11.1 Å². The molecule has 0 aliphatic carbocycles. The van der Waals surface area contributed by atoms with Crippen LogP contribution in [0.4, 0.5) is 11.4 Å². The number of anilines is 2. The highest BCUT2D eigenvalue weighted by atomic mass is 16.1. The number of carbonyl (C=O) groups is 1. The third kappa shape index (κ3) is 4.47. The zero-order chi connectivity index (χ0) is 20.1. The van der Waals surface area contributed by atoms with Gasteiger partial charge < -0.3 is 11.1 Å². The largest absolute Gasteiger partial charge is 0.397 e. The van der Waals surface area contributed by atoms with Crippen molar-refractivity contribution in [3.05, 3.63) is 90.4 Å². The molecule has 0 radical (unpaired) electrons. The zero-order valence-electron chi connectivity index (χ0n) is 15.7. The summed E-state index contributed by atoms with van der Waals surface area (Å²) < 4.78 is 1.81. The summed E-state index contributed by atoms with van der Waals surface area (Å²) in [5.74, 6) is -0.188. The lowest BCUT2D eigenvalue weighted by atomic mass is 10.1. The lowest BCUT2D eigenvalue weighted by molar-refractivity contribution is 0.102. The van der Waals surface area contributed by atoms with Crippen LogP contribution in [0, 0.1) is 0 Å². The van der Waals surface area contributed by atoms with E-state index in [2.05, 4.69) is 20.6 Å². The Hall–Kier alpha value is -4.00. The maximum absolute atomic E-state index is 12.4. The van der Waals surface area contributed by atoms with E-state index in [1.54, 1.807) is 29.2 Å². The highest BCUT2D eigenvalue weighted by Crippen LogP contribution is 2.18. The first-order chi connectivity index (χ1) is 14.2. The predicted octanol–water partition coefficient (Wildman–Crippen LogP) is 3.42. The van der Waals surface area contributed by atoms with Crippen LogP contribution in [0.3, 0.4) is 0 Å². The summed E-state index contributed by atoms with van der Waals surface area (Å²) in [5, 5.41) is 11.2. The Morgan fingerprint density at radius 3 is 2.62 bits per heavy atom. The van der Waals surface area contributed by atoms with Gasteiger partial charge in [-0.05, 0) is 48.4 Å². The van der Waals surface area contributed by atoms with Crippen LogP contribution in [0.25, 0.3) is 11.3 Å². The molecule has 0 atom stereocenters. The molecule has 7 nitrogen and oxygen atoms in total. The smallest absolute Gasteiger partial charge is 0.255 e. The molecule has 0 unspecified atom stereocenters. The van der Waals surface area contributed by atoms with E-state index >= 15 is 0 Å². The van der Waals surface area contributed by atoms with Gasteiger partial charge in [0, 0.05) is 30.1 Å². The molecule has 0 saturated heterocycles. The molecule has 144 valence electrons. The van der Waals surface area contributed by atoms with Crippen molar-refractivity contribution < 1.29 is 4.79 Å². The second-order valence-electron chi connectivity index (χ2n) is 6.60. The number of nitrogens with zero attached hydrogens (tertiary/aromatic N) is 4. The number of para-hydroxylation sites is 2. The van der Waals surface area contributed by atoms with Crippen molar-refractivity contribution in [2.75, 3.05) is 11.1 Å². The average Bonchev–Trinajstić information content (AvgIpc) is 3.24. The fourth-order valence-electron chi connectivity index (χ4n) is 2.93. The van der Waals surface area contributed by atoms with Gasteiger partial charge in [0.15, 0.2) is 0 Å². The minimum Gasteiger partial charge on any atom is -0.397 e. The SMILES string of the molecule is Nc1ccccc1NC(=O)c1ccc(CCn2cc(-c3cccnc3)nn2)cc1. The van der Waals surface area contributed by atoms with E-state index in [1.165, 1.54) is 0 Å². The topological polar surface area (TPSA) is 98.7 Å². The number of carbonyl (C=O) groups excluding carboxylic acids is 1. The Morgan fingerprint density at radius 2 is 1.86 bits per heavy atom. The number of nitrogen functional groups attached to an aromatic ring is 1. The lowest BCUT2D eigenvalue weighted by Gasteiger charge is -2.08. The summed E-state index contributed by atoms with van der Waals surface area (Å²) in [6.07, 6.45) is 6.18. The van der Waals surface area contributed by atoms with Gasteiger partial charge in [0.1, 0.15) is 5.69 Å². The quantitative estimate of drug-likeness (QED) is 0.496. The highest BCUT2D eigenvalue weighted by Gasteiger charge is 2.08. The lowest BCUT2D eigenvalue weighted by Crippen LogP contribution is -2.13. The second kappa shape index (κ2) is 8.35. The minimum atomic E-state index is -0.188. The van der Waals surface area contributed by atoms with Gasteiger partial charge in [0.05, 0.1) is 17.6 Å². The van der Waals surface area contributed by atoms with E-state index in [0.29, 0.717) is 23.5 Å². The number of benzene rings is 2. The van der Waals surface area contributed by atoms with Crippen molar-refractivity contribution in [1.29, 1.82) is 0 Å². The van der Waals surface area contributed by atoms with Crippen molar-refractivity contribution >= 4 is 17.3 Å². The van der Waals surface area contributed by atoms with E-state index in [-0.39, 0.29) is 5.91 Å². The summed E-state index contributed by atoms with van der Waals surface area (Å²) >= 11 is 0. The first-order valence-corrected chi connectivity index (χ1v) is 9.24. The zero-order valence-corrected chi connectivity index (χ0v) is 15.7. The molecule has 4 aromatic rings. The van der Waals surface area contributed by atoms with Crippen LogP contribution in [0.15, 0.2) is 79.3 Å². The molecule has 1 amide bonds. The van der Waals surface area contributed by atoms with Crippen LogP contribution >= 0.6 is 0 Å². The van der Waals surface area contributed by atoms with Crippen LogP contribution in [0.5, 0.6) is 0 Å². The Bertz CT molecular complexity index is 1110. The van der Waals surface area contributed by atoms with Gasteiger partial charge in [-0.25, -0.2) is 0 Å². The fraction of sp³-hybridized carbons (Fsp3) is 0.0909. The van der Waals surface area contributed by atoms with Crippen molar-refractivity contribution in [2.45, 2.75) is 13.0 Å². The van der Waals surface area contributed by atoms with Crippen molar-refractivity contribution in [3.63, 3.8) is 0 Å². The van der Waals surface area contributed by atoms with E-state index in [4.69, 9.17) is 5.73 Å². The number of pyridine rings is 1. The molecule has 7 heteroatoms. The summed E-state index contributed by atoms with van der Waals surface area (Å²) in [4.78, 5) is 16.5. The van der Waals surface area contributed by atoms with Gasteiger partial charge in [-0.1, -0.05) is 29.5 Å². The average molecular weight is 384 g/mol. The van der Waals surface area contributed by atoms with Gasteiger partial charge in [0.25, 0.3) is 5.91 Å². The van der Waals surface area contributed by atoms with Gasteiger partial charge >= 0.3 is 0 Å². The maximum Gasteiger partial charge on any atom is 0.255 e. The first kappa shape index (κ1) is 18.4. The van der Waals surface area contributed by atoms with E-state index in [9.17, 15) is 4.79 Å². The van der Waals surface area contributed by atoms with E-state index in [1.807, 2.05) is 54.7 Å². The predicted molar refractivity (Wildman–Crippen MR) is 112 cm³/mol. The summed E-state index contributed by atoms with van der Waals surface area (Å²) in [6, 6.07) is 18.5. The number of hydrogen-bond acceptors (Lipinski definition) is 5. The number of aromatic nitrogens is 4. The normalized spacial score (nSPS) is 10.6. The molecule has 2 heterocycles. The molecule has 3 N–H and O–H groups in total. The molecule has 2 aromatic heterocycles. The Kier molecular flexibility index (Phi) is 5.29. The Morgan fingerprint density at radius 1 is 1.03 bits per heavy atom. The third-order valence-electron chi connectivity index (χ3n) is 4.55. The second-order valence-corrected chi connectivity index (χ2v) is 6.60. The van der Waals surface area contributed by atoms with Gasteiger partial charge in [-0.2, -0.15) is 0 Å². The summed E-state index contributed by atoms with van der Waals surface area (Å²) in [7, 11) is 0. The monoisotopic (exact) mass is 384 g/mol. The fourth-order valence-corrected chi connectivity index (χ4v) is 2.93. The summed E-state index contributed by atoms with van der Waals surface area (Å²) in [6.45, 7) is 0.694. The Balaban J connectivity index is 1.36. The molecule has 0 spiro atoms. The van der Waals surface area contributed by atoms with Crippen LogP contribution in [0.2, 0.25) is 0 Å². The number of nitrogens with two attached hydrogens (primary N) is 1. The molecule has 0 bridgehead atoms. The summed E-state index contributed by atoms with van der Waals surface area (Å²) in [5.41, 5.74) is 10.4. The molecule has 0 aliphatic rings. The van der Waals surface area contributed by atoms with Crippen molar-refractivity contribution in [3.8, 4) is 11.3 Å². The molecule has 0 saturated carbocycles. The Labute approximate surface area is 168 Å². The first-order valence-electron chi connectivity index (χ1n) is 9.24. The van der Waals surface area contributed by atoms with Gasteiger partial charge in [-0.15, -0.1) is 5.10 Å². The van der Waals surface area contributed by atoms with Crippen LogP contribution in [-0.2, 0) is 13.0 Å². The molecular weight excluding hydrogens is 364 g/mol. The van der Waals surface area contributed by atoms with E-state index in [0.717, 1.165) is 23.2 Å². The van der Waals surface area contributed by atoms with Crippen LogP contribution in [0.1, 0.15) is 15.9 Å². The number of rotatable bonds is 6. The number of hydrogen-bond donors (Lipinski definition) is 2. The van der Waals surface area contributed by atoms with E-state index < -0.39 is 0 Å². The van der Waals surface area contributed by atoms with Crippen molar-refractivity contribution in [1.82, 2.24) is 20.0 Å². The van der Waals surface area contributed by atoms with Crippen LogP contribution in [-0.4, -0.2) is 25.9 Å². The molecule has 29 heavy (non-hydrogen) atoms. The van der Waals surface area contributed by atoms with Gasteiger partial charge in [0.2, 0.25) is 0 Å². The van der Waals surface area contributed by atoms with Crippen molar-refractivity contribution in [2.24, 2.45) is 0 Å². The number of aryl methyl sites for hydroxylation is 2. The minimum absolute atomic E-state index is 0.188. The standard InChI is InChI=1S/C22H20N6O/c23-19-5-1-2-6-20(19)25-22(29)17-9-7-16(8-10-17)11-13-28-15-21(26-27-28)18-4-3-12-24-14-18/h1-10,12,14-15H,11,13,23H2,(H,25,29). The highest BCUT2D eigenvalue weighted by molar-refractivity contribution is 6.05. The molecule has 0 aliphatic heterocycles. The molecule has 2 aromatic carbocycles.